The Bertz CT molecular complexity index is 816. The van der Waals surface area contributed by atoms with Crippen LogP contribution in [0.4, 0.5) is 0 Å². The lowest BCUT2D eigenvalue weighted by Gasteiger charge is -2.00. The maximum atomic E-state index is 11.8. The molecule has 106 valence electrons. The number of carbonyl (C=O) groups is 1. The molecule has 0 atom stereocenters. The maximum absolute atomic E-state index is 11.8. The number of nitrogens with zero attached hydrogens (tertiary/aromatic N) is 2. The second kappa shape index (κ2) is 5.91. The van der Waals surface area contributed by atoms with Gasteiger partial charge in [0.15, 0.2) is 0 Å². The maximum Gasteiger partial charge on any atom is 0.338 e. The second-order valence-corrected chi connectivity index (χ2v) is 6.26. The summed E-state index contributed by atoms with van der Waals surface area (Å²) in [5.41, 5.74) is 2.36. The van der Waals surface area contributed by atoms with E-state index < -0.39 is 0 Å². The topological polar surface area (TPSA) is 52.1 Å². The summed E-state index contributed by atoms with van der Waals surface area (Å²) in [5.74, 6) is -0.307. The van der Waals surface area contributed by atoms with E-state index in [1.54, 1.807) is 25.4 Å². The number of fused-ring (bicyclic) bond motifs is 1. The Morgan fingerprint density at radius 3 is 2.95 bits per heavy atom. The van der Waals surface area contributed by atoms with Crippen LogP contribution in [0.15, 0.2) is 41.1 Å². The summed E-state index contributed by atoms with van der Waals surface area (Å²) in [5, 5.41) is 0.875. The number of carbonyl (C=O) groups excluding carboxylic acids is 1. The van der Waals surface area contributed by atoms with Crippen LogP contribution in [0.1, 0.15) is 17.3 Å². The third-order valence-corrected chi connectivity index (χ3v) is 4.35. The quantitative estimate of drug-likeness (QED) is 0.651. The minimum absolute atomic E-state index is 0.307. The first-order valence-corrected chi connectivity index (χ1v) is 7.97. The van der Waals surface area contributed by atoms with Gasteiger partial charge >= 0.3 is 5.97 Å². The summed E-state index contributed by atoms with van der Waals surface area (Å²) in [6, 6.07) is 7.37. The van der Waals surface area contributed by atoms with Crippen LogP contribution >= 0.6 is 27.3 Å². The average molecular weight is 363 g/mol. The second-order valence-electron chi connectivity index (χ2n) is 4.31. The van der Waals surface area contributed by atoms with Gasteiger partial charge in [-0.2, -0.15) is 0 Å². The fourth-order valence-electron chi connectivity index (χ4n) is 1.92. The molecule has 6 heteroatoms. The van der Waals surface area contributed by atoms with E-state index in [1.165, 1.54) is 11.3 Å². The number of esters is 1. The van der Waals surface area contributed by atoms with E-state index >= 15 is 0 Å². The Morgan fingerprint density at radius 2 is 2.19 bits per heavy atom. The van der Waals surface area contributed by atoms with Gasteiger partial charge in [-0.05, 0) is 47.1 Å². The monoisotopic (exact) mass is 362 g/mol. The molecule has 21 heavy (non-hydrogen) atoms. The molecule has 0 amide bonds. The molecule has 2 aromatic heterocycles. The van der Waals surface area contributed by atoms with Gasteiger partial charge in [0, 0.05) is 22.4 Å². The summed E-state index contributed by atoms with van der Waals surface area (Å²) in [6.45, 7) is 2.16. The highest BCUT2D eigenvalue weighted by atomic mass is 79.9. The highest BCUT2D eigenvalue weighted by Crippen LogP contribution is 2.31. The van der Waals surface area contributed by atoms with Crippen LogP contribution in [0.25, 0.3) is 20.8 Å². The summed E-state index contributed by atoms with van der Waals surface area (Å²) in [4.78, 5) is 20.5. The van der Waals surface area contributed by atoms with Gasteiger partial charge in [-0.25, -0.2) is 9.78 Å². The van der Waals surface area contributed by atoms with Crippen molar-refractivity contribution in [3.63, 3.8) is 0 Å². The van der Waals surface area contributed by atoms with E-state index in [0.29, 0.717) is 12.2 Å². The third-order valence-electron chi connectivity index (χ3n) is 2.85. The highest BCUT2D eigenvalue weighted by molar-refractivity contribution is 9.10. The van der Waals surface area contributed by atoms with Crippen LogP contribution in [0.3, 0.4) is 0 Å². The lowest BCUT2D eigenvalue weighted by atomic mass is 10.2. The summed E-state index contributed by atoms with van der Waals surface area (Å²) < 4.78 is 6.88. The molecule has 0 unspecified atom stereocenters. The third kappa shape index (κ3) is 2.96. The molecule has 4 nitrogen and oxygen atoms in total. The largest absolute Gasteiger partial charge is 0.462 e. The van der Waals surface area contributed by atoms with Crippen molar-refractivity contribution in [1.29, 1.82) is 0 Å². The van der Waals surface area contributed by atoms with E-state index in [4.69, 9.17) is 4.74 Å². The normalized spacial score (nSPS) is 10.8. The zero-order chi connectivity index (χ0) is 14.8. The van der Waals surface area contributed by atoms with Crippen LogP contribution in [0, 0.1) is 0 Å². The van der Waals surface area contributed by atoms with Gasteiger partial charge < -0.3 is 4.74 Å². The zero-order valence-electron chi connectivity index (χ0n) is 11.2. The molecule has 0 aliphatic rings. The van der Waals surface area contributed by atoms with Crippen molar-refractivity contribution >= 4 is 43.5 Å². The van der Waals surface area contributed by atoms with Crippen molar-refractivity contribution in [2.75, 3.05) is 6.61 Å². The molecule has 3 rings (SSSR count). The molecule has 0 radical (unpaired) electrons. The van der Waals surface area contributed by atoms with Gasteiger partial charge in [0.25, 0.3) is 0 Å². The van der Waals surface area contributed by atoms with Crippen LogP contribution < -0.4 is 0 Å². The molecule has 0 bridgehead atoms. The number of rotatable bonds is 3. The number of aromatic nitrogens is 2. The molecule has 0 saturated carbocycles. The van der Waals surface area contributed by atoms with E-state index in [-0.39, 0.29) is 5.97 Å². The fraction of sp³-hybridized carbons (Fsp3) is 0.133. The number of hydrogen-bond acceptors (Lipinski definition) is 5. The smallest absolute Gasteiger partial charge is 0.338 e. The zero-order valence-corrected chi connectivity index (χ0v) is 13.6. The van der Waals surface area contributed by atoms with Gasteiger partial charge in [-0.1, -0.05) is 0 Å². The van der Waals surface area contributed by atoms with Crippen LogP contribution in [0.2, 0.25) is 0 Å². The van der Waals surface area contributed by atoms with E-state index in [0.717, 1.165) is 25.3 Å². The molecule has 0 N–H and O–H groups in total. The molecule has 2 heterocycles. The Morgan fingerprint density at radius 1 is 1.33 bits per heavy atom. The first-order valence-electron chi connectivity index (χ1n) is 6.36. The lowest BCUT2D eigenvalue weighted by Crippen LogP contribution is -2.03. The van der Waals surface area contributed by atoms with Gasteiger partial charge in [-0.3, -0.25) is 4.98 Å². The standard InChI is InChI=1S/C15H11BrN2O2S/c1-2-20-15(19)9-3-4-12-13(6-9)21-14(18-12)10-5-11(16)8-17-7-10/h3-8H,2H2,1H3. The molecule has 0 spiro atoms. The lowest BCUT2D eigenvalue weighted by molar-refractivity contribution is 0.0526. The molecule has 0 saturated heterocycles. The fourth-order valence-corrected chi connectivity index (χ4v) is 3.27. The van der Waals surface area contributed by atoms with Crippen LogP contribution in [-0.2, 0) is 4.74 Å². The summed E-state index contributed by atoms with van der Waals surface area (Å²) >= 11 is 4.93. The number of thiazole rings is 1. The molecule has 1 aromatic carbocycles. The number of benzene rings is 1. The van der Waals surface area contributed by atoms with E-state index in [1.807, 2.05) is 18.2 Å². The Hall–Kier alpha value is -1.79. The molecule has 0 fully saturated rings. The van der Waals surface area contributed by atoms with Gasteiger partial charge in [0.05, 0.1) is 22.4 Å². The molecular formula is C15H11BrN2O2S. The molecular weight excluding hydrogens is 352 g/mol. The Kier molecular flexibility index (Phi) is 3.98. The summed E-state index contributed by atoms with van der Waals surface area (Å²) in [7, 11) is 0. The van der Waals surface area contributed by atoms with E-state index in [2.05, 4.69) is 25.9 Å². The van der Waals surface area contributed by atoms with Gasteiger partial charge in [0.2, 0.25) is 0 Å². The average Bonchev–Trinajstić information content (AvgIpc) is 2.90. The number of halogens is 1. The first-order chi connectivity index (χ1) is 10.2. The number of pyridine rings is 1. The highest BCUT2D eigenvalue weighted by Gasteiger charge is 2.11. The molecule has 0 aliphatic carbocycles. The minimum atomic E-state index is -0.307. The van der Waals surface area contributed by atoms with Crippen LogP contribution in [-0.4, -0.2) is 22.5 Å². The van der Waals surface area contributed by atoms with Crippen LogP contribution in [0.5, 0.6) is 0 Å². The van der Waals surface area contributed by atoms with Crippen molar-refractivity contribution in [2.45, 2.75) is 6.92 Å². The Balaban J connectivity index is 2.02. The minimum Gasteiger partial charge on any atom is -0.462 e. The van der Waals surface area contributed by atoms with Crippen molar-refractivity contribution in [3.05, 3.63) is 46.7 Å². The summed E-state index contributed by atoms with van der Waals surface area (Å²) in [6.07, 6.45) is 3.50. The number of hydrogen-bond donors (Lipinski definition) is 0. The predicted molar refractivity (Wildman–Crippen MR) is 86.5 cm³/mol. The molecule has 0 aliphatic heterocycles. The predicted octanol–water partition coefficient (Wildman–Crippen LogP) is 4.30. The van der Waals surface area contributed by atoms with Gasteiger partial charge in [-0.15, -0.1) is 11.3 Å². The van der Waals surface area contributed by atoms with Crippen molar-refractivity contribution < 1.29 is 9.53 Å². The van der Waals surface area contributed by atoms with Gasteiger partial charge in [0.1, 0.15) is 5.01 Å². The Labute approximate surface area is 133 Å². The SMILES string of the molecule is CCOC(=O)c1ccc2nc(-c3cncc(Br)c3)sc2c1. The molecule has 3 aromatic rings. The van der Waals surface area contributed by atoms with Crippen molar-refractivity contribution in [1.82, 2.24) is 9.97 Å². The van der Waals surface area contributed by atoms with E-state index in [9.17, 15) is 4.79 Å². The number of ether oxygens (including phenoxy) is 1. The van der Waals surface area contributed by atoms with Crippen molar-refractivity contribution in [3.8, 4) is 10.6 Å². The first kappa shape index (κ1) is 14.2. The van der Waals surface area contributed by atoms with Crippen molar-refractivity contribution in [2.24, 2.45) is 0 Å².